The Morgan fingerprint density at radius 1 is 1.43 bits per heavy atom. The van der Waals surface area contributed by atoms with Crippen LogP contribution in [-0.2, 0) is 19.0 Å². The Labute approximate surface area is 133 Å². The van der Waals surface area contributed by atoms with Crippen LogP contribution in [0.5, 0.6) is 0 Å². The van der Waals surface area contributed by atoms with Crippen molar-refractivity contribution < 1.29 is 23.8 Å². The molecule has 2 saturated heterocycles. The lowest BCUT2D eigenvalue weighted by Crippen LogP contribution is -2.56. The molecule has 3 rings (SSSR count). The van der Waals surface area contributed by atoms with Gasteiger partial charge < -0.3 is 14.2 Å². The second-order valence-corrected chi connectivity index (χ2v) is 6.91. The Hall–Kier alpha value is -2.21. The SMILES string of the molecule is CC(=O)OC1(C#N)CC2OC1C1N=NN(C(=O)OC(C)(C)C)C21. The number of carbonyl (C=O) groups excluding carboxylic acids is 2. The number of hydrogen-bond acceptors (Lipinski definition) is 8. The zero-order valence-corrected chi connectivity index (χ0v) is 13.3. The summed E-state index contributed by atoms with van der Waals surface area (Å²) in [6.45, 7) is 6.52. The minimum Gasteiger partial charge on any atom is -0.442 e. The molecule has 23 heavy (non-hydrogen) atoms. The summed E-state index contributed by atoms with van der Waals surface area (Å²) in [5.41, 5.74) is -2.03. The van der Waals surface area contributed by atoms with Crippen LogP contribution in [-0.4, -0.2) is 52.6 Å². The first-order valence-electron chi connectivity index (χ1n) is 7.36. The quantitative estimate of drug-likeness (QED) is 0.673. The van der Waals surface area contributed by atoms with E-state index in [1.165, 1.54) is 6.92 Å². The monoisotopic (exact) mass is 322 g/mol. The third kappa shape index (κ3) is 2.43. The summed E-state index contributed by atoms with van der Waals surface area (Å²) in [6, 6.07) is 1.05. The van der Waals surface area contributed by atoms with Crippen LogP contribution in [0.3, 0.4) is 0 Å². The topological polar surface area (TPSA) is 114 Å². The molecule has 2 bridgehead atoms. The van der Waals surface area contributed by atoms with Crippen molar-refractivity contribution in [2.45, 2.75) is 69.6 Å². The predicted octanol–water partition coefficient (Wildman–Crippen LogP) is 1.34. The molecule has 9 nitrogen and oxygen atoms in total. The normalized spacial score (nSPS) is 37.4. The minimum absolute atomic E-state index is 0.180. The van der Waals surface area contributed by atoms with E-state index >= 15 is 0 Å². The number of hydrogen-bond donors (Lipinski definition) is 0. The third-order valence-corrected chi connectivity index (χ3v) is 3.99. The Bertz CT molecular complexity index is 622. The molecule has 3 aliphatic heterocycles. The Morgan fingerprint density at radius 2 is 2.13 bits per heavy atom. The van der Waals surface area contributed by atoms with Crippen LogP contribution in [0.4, 0.5) is 4.79 Å². The molecule has 124 valence electrons. The van der Waals surface area contributed by atoms with E-state index in [4.69, 9.17) is 14.2 Å². The fourth-order valence-corrected chi connectivity index (χ4v) is 3.28. The van der Waals surface area contributed by atoms with Gasteiger partial charge in [-0.1, -0.05) is 5.22 Å². The molecule has 0 N–H and O–H groups in total. The van der Waals surface area contributed by atoms with E-state index in [9.17, 15) is 14.9 Å². The van der Waals surface area contributed by atoms with Crippen molar-refractivity contribution in [1.82, 2.24) is 5.01 Å². The summed E-state index contributed by atoms with van der Waals surface area (Å²) in [7, 11) is 0. The Balaban J connectivity index is 1.79. The number of rotatable bonds is 1. The summed E-state index contributed by atoms with van der Waals surface area (Å²) < 4.78 is 16.3. The Kier molecular flexibility index (Phi) is 3.33. The number of carbonyl (C=O) groups is 2. The summed E-state index contributed by atoms with van der Waals surface area (Å²) in [5, 5.41) is 18.5. The van der Waals surface area contributed by atoms with Crippen molar-refractivity contribution in [1.29, 1.82) is 5.26 Å². The number of nitriles is 1. The van der Waals surface area contributed by atoms with Gasteiger partial charge in [-0.3, -0.25) is 4.79 Å². The van der Waals surface area contributed by atoms with Gasteiger partial charge in [0.05, 0.1) is 6.10 Å². The van der Waals surface area contributed by atoms with Crippen LogP contribution in [0, 0.1) is 11.3 Å². The second kappa shape index (κ2) is 4.89. The predicted molar refractivity (Wildman–Crippen MR) is 73.9 cm³/mol. The molecule has 1 amide bonds. The molecule has 5 atom stereocenters. The summed E-state index contributed by atoms with van der Waals surface area (Å²) in [4.78, 5) is 23.5. The molecule has 0 saturated carbocycles. The standard InChI is InChI=1S/C14H18N4O5/c1-7(19)22-14(6-15)5-8-10-9(11(14)21-8)16-17-18(10)12(20)23-13(2,3)4/h8-11H,5H2,1-4H3. The maximum Gasteiger partial charge on any atom is 0.432 e. The second-order valence-electron chi connectivity index (χ2n) is 6.91. The average molecular weight is 322 g/mol. The van der Waals surface area contributed by atoms with Gasteiger partial charge >= 0.3 is 12.1 Å². The fourth-order valence-electron chi connectivity index (χ4n) is 3.28. The van der Waals surface area contributed by atoms with E-state index < -0.39 is 47.6 Å². The van der Waals surface area contributed by atoms with Crippen molar-refractivity contribution in [3.05, 3.63) is 0 Å². The van der Waals surface area contributed by atoms with Gasteiger partial charge in [0.15, 0.2) is 0 Å². The molecule has 9 heteroatoms. The first-order valence-corrected chi connectivity index (χ1v) is 7.36. The molecule has 0 aromatic rings. The number of fused-ring (bicyclic) bond motifs is 5. The van der Waals surface area contributed by atoms with Gasteiger partial charge in [-0.05, 0) is 20.8 Å². The number of ether oxygens (including phenoxy) is 3. The van der Waals surface area contributed by atoms with E-state index in [0.29, 0.717) is 0 Å². The smallest absolute Gasteiger partial charge is 0.432 e. The molecule has 0 aromatic carbocycles. The first kappa shape index (κ1) is 15.7. The van der Waals surface area contributed by atoms with E-state index in [2.05, 4.69) is 10.3 Å². The van der Waals surface area contributed by atoms with E-state index in [0.717, 1.165) is 5.01 Å². The summed E-state index contributed by atoms with van der Waals surface area (Å²) in [5.74, 6) is -0.557. The molecule has 5 unspecified atom stereocenters. The molecule has 0 radical (unpaired) electrons. The lowest BCUT2D eigenvalue weighted by Gasteiger charge is -2.33. The average Bonchev–Trinajstić information content (AvgIpc) is 3.04. The van der Waals surface area contributed by atoms with Gasteiger partial charge in [-0.2, -0.15) is 15.4 Å². The van der Waals surface area contributed by atoms with Crippen molar-refractivity contribution in [2.75, 3.05) is 0 Å². The molecule has 0 aromatic heterocycles. The van der Waals surface area contributed by atoms with Crippen LogP contribution in [0.15, 0.2) is 10.3 Å². The van der Waals surface area contributed by atoms with Crippen molar-refractivity contribution in [3.8, 4) is 6.07 Å². The highest BCUT2D eigenvalue weighted by Gasteiger charge is 2.69. The van der Waals surface area contributed by atoms with Gasteiger partial charge in [0.25, 0.3) is 0 Å². The van der Waals surface area contributed by atoms with Crippen LogP contribution in [0.25, 0.3) is 0 Å². The third-order valence-electron chi connectivity index (χ3n) is 3.99. The molecule has 0 aliphatic carbocycles. The Morgan fingerprint density at radius 3 is 2.70 bits per heavy atom. The van der Waals surface area contributed by atoms with Crippen molar-refractivity contribution >= 4 is 12.1 Å². The van der Waals surface area contributed by atoms with Crippen molar-refractivity contribution in [3.63, 3.8) is 0 Å². The number of esters is 1. The molecule has 0 spiro atoms. The van der Waals surface area contributed by atoms with Gasteiger partial charge in [0.2, 0.25) is 5.60 Å². The highest BCUT2D eigenvalue weighted by Crippen LogP contribution is 2.49. The molecular weight excluding hydrogens is 304 g/mol. The molecule has 3 aliphatic rings. The fraction of sp³-hybridized carbons (Fsp3) is 0.786. The molecule has 3 heterocycles. The van der Waals surface area contributed by atoms with Gasteiger partial charge in [-0.15, -0.1) is 0 Å². The van der Waals surface area contributed by atoms with Crippen LogP contribution >= 0.6 is 0 Å². The lowest BCUT2D eigenvalue weighted by molar-refractivity contribution is -0.156. The van der Waals surface area contributed by atoms with Crippen LogP contribution < -0.4 is 0 Å². The van der Waals surface area contributed by atoms with E-state index in [1.807, 2.05) is 6.07 Å². The maximum atomic E-state index is 12.2. The molecule has 2 fully saturated rings. The lowest BCUT2D eigenvalue weighted by atomic mass is 9.80. The van der Waals surface area contributed by atoms with Crippen LogP contribution in [0.1, 0.15) is 34.1 Å². The summed E-state index contributed by atoms with van der Waals surface area (Å²) in [6.07, 6.45) is -1.65. The maximum absolute atomic E-state index is 12.2. The number of amides is 1. The number of nitrogens with zero attached hydrogens (tertiary/aromatic N) is 4. The van der Waals surface area contributed by atoms with Crippen molar-refractivity contribution in [2.24, 2.45) is 10.3 Å². The highest BCUT2D eigenvalue weighted by molar-refractivity contribution is 5.69. The van der Waals surface area contributed by atoms with E-state index in [-0.39, 0.29) is 6.42 Å². The van der Waals surface area contributed by atoms with Gasteiger partial charge in [0.1, 0.15) is 29.9 Å². The first-order chi connectivity index (χ1) is 10.7. The van der Waals surface area contributed by atoms with Gasteiger partial charge in [0, 0.05) is 13.3 Å². The zero-order valence-electron chi connectivity index (χ0n) is 13.3. The zero-order chi connectivity index (χ0) is 17.0. The van der Waals surface area contributed by atoms with E-state index in [1.54, 1.807) is 20.8 Å². The molecular formula is C14H18N4O5. The van der Waals surface area contributed by atoms with Gasteiger partial charge in [-0.25, -0.2) is 4.79 Å². The van der Waals surface area contributed by atoms with Crippen LogP contribution in [0.2, 0.25) is 0 Å². The highest BCUT2D eigenvalue weighted by atomic mass is 16.6. The summed E-state index contributed by atoms with van der Waals surface area (Å²) >= 11 is 0. The minimum atomic E-state index is -1.37. The largest absolute Gasteiger partial charge is 0.442 e.